The Labute approximate surface area is 66.9 Å². The second-order valence-electron chi connectivity index (χ2n) is 2.28. The minimum absolute atomic E-state index is 0.783. The van der Waals surface area contributed by atoms with Gasteiger partial charge in [0.1, 0.15) is 5.76 Å². The molecule has 0 unspecified atom stereocenters. The fourth-order valence-corrected chi connectivity index (χ4v) is 0.915. The van der Waals surface area contributed by atoms with Crippen LogP contribution in [0.1, 0.15) is 18.2 Å². The largest absolute Gasteiger partial charge is 0.467 e. The van der Waals surface area contributed by atoms with Crippen molar-refractivity contribution in [3.05, 3.63) is 30.2 Å². The fourth-order valence-electron chi connectivity index (χ4n) is 0.915. The molecule has 0 bridgehead atoms. The molecule has 60 valence electrons. The smallest absolute Gasteiger partial charge is 0.124 e. The molecule has 1 N–H and O–H groups in total. The molecular weight excluding hydrogens is 138 g/mol. The zero-order valence-electron chi connectivity index (χ0n) is 6.76. The first-order valence-electron chi connectivity index (χ1n) is 3.78. The fraction of sp³-hybridized carbons (Fsp3) is 0.333. The Hall–Kier alpha value is -1.02. The van der Waals surface area contributed by atoms with Gasteiger partial charge in [0.25, 0.3) is 0 Å². The summed E-state index contributed by atoms with van der Waals surface area (Å²) >= 11 is 0. The van der Waals surface area contributed by atoms with Crippen LogP contribution in [0.15, 0.2) is 23.3 Å². The Kier molecular flexibility index (Phi) is 2.93. The van der Waals surface area contributed by atoms with Gasteiger partial charge in [-0.1, -0.05) is 19.6 Å². The summed E-state index contributed by atoms with van der Waals surface area (Å²) in [7, 11) is 0. The molecule has 1 aromatic rings. The van der Waals surface area contributed by atoms with Crippen molar-refractivity contribution in [2.24, 2.45) is 0 Å². The maximum Gasteiger partial charge on any atom is 0.124 e. The van der Waals surface area contributed by atoms with E-state index in [2.05, 4.69) is 18.8 Å². The van der Waals surface area contributed by atoms with Crippen molar-refractivity contribution >= 4 is 6.08 Å². The molecule has 0 aliphatic heterocycles. The Bertz CT molecular complexity index is 227. The lowest BCUT2D eigenvalue weighted by Crippen LogP contribution is -2.11. The van der Waals surface area contributed by atoms with Crippen LogP contribution < -0.4 is 5.32 Å². The average molecular weight is 151 g/mol. The first kappa shape index (κ1) is 8.08. The third-order valence-electron chi connectivity index (χ3n) is 1.54. The molecule has 0 aliphatic carbocycles. The summed E-state index contributed by atoms with van der Waals surface area (Å²) in [6.45, 7) is 7.49. The highest BCUT2D eigenvalue weighted by atomic mass is 16.3. The molecule has 0 saturated heterocycles. The Morgan fingerprint density at radius 3 is 3.18 bits per heavy atom. The molecule has 0 amide bonds. The maximum absolute atomic E-state index is 5.22. The average Bonchev–Trinajstić information content (AvgIpc) is 2.47. The van der Waals surface area contributed by atoms with Crippen LogP contribution in [0.25, 0.3) is 6.08 Å². The summed E-state index contributed by atoms with van der Waals surface area (Å²) in [5.74, 6) is 0.960. The van der Waals surface area contributed by atoms with E-state index >= 15 is 0 Å². The number of furan rings is 1. The van der Waals surface area contributed by atoms with Crippen LogP contribution >= 0.6 is 0 Å². The van der Waals surface area contributed by atoms with E-state index in [9.17, 15) is 0 Å². The van der Waals surface area contributed by atoms with Crippen LogP contribution in [0.5, 0.6) is 0 Å². The molecule has 0 atom stereocenters. The first-order valence-corrected chi connectivity index (χ1v) is 3.78. The molecular formula is C9H13NO. The van der Waals surface area contributed by atoms with Crippen LogP contribution in [-0.2, 0) is 6.54 Å². The van der Waals surface area contributed by atoms with Crippen molar-refractivity contribution in [2.45, 2.75) is 13.5 Å². The highest BCUT2D eigenvalue weighted by molar-refractivity contribution is 5.48. The maximum atomic E-state index is 5.22. The molecule has 11 heavy (non-hydrogen) atoms. The molecule has 1 rings (SSSR count). The van der Waals surface area contributed by atoms with E-state index in [4.69, 9.17) is 4.42 Å². The van der Waals surface area contributed by atoms with Gasteiger partial charge in [-0.25, -0.2) is 0 Å². The van der Waals surface area contributed by atoms with E-state index < -0.39 is 0 Å². The summed E-state index contributed by atoms with van der Waals surface area (Å²) in [5.41, 5.74) is 1.07. The Morgan fingerprint density at radius 2 is 2.55 bits per heavy atom. The van der Waals surface area contributed by atoms with E-state index in [1.54, 1.807) is 12.3 Å². The zero-order valence-corrected chi connectivity index (χ0v) is 6.76. The number of rotatable bonds is 4. The molecule has 0 aromatic carbocycles. The molecule has 1 aromatic heterocycles. The van der Waals surface area contributed by atoms with Crippen LogP contribution in [0, 0.1) is 0 Å². The van der Waals surface area contributed by atoms with Gasteiger partial charge in [-0.15, -0.1) is 0 Å². The highest BCUT2D eigenvalue weighted by Crippen LogP contribution is 2.10. The summed E-state index contributed by atoms with van der Waals surface area (Å²) < 4.78 is 5.22. The molecule has 0 fully saturated rings. The summed E-state index contributed by atoms with van der Waals surface area (Å²) in [6.07, 6.45) is 3.49. The predicted octanol–water partition coefficient (Wildman–Crippen LogP) is 2.03. The lowest BCUT2D eigenvalue weighted by atomic mass is 10.2. The van der Waals surface area contributed by atoms with E-state index in [1.165, 1.54) is 0 Å². The lowest BCUT2D eigenvalue weighted by Gasteiger charge is -1.97. The van der Waals surface area contributed by atoms with Crippen molar-refractivity contribution in [3.63, 3.8) is 0 Å². The van der Waals surface area contributed by atoms with Crippen molar-refractivity contribution in [1.29, 1.82) is 0 Å². The third kappa shape index (κ3) is 1.95. The number of hydrogen-bond donors (Lipinski definition) is 1. The van der Waals surface area contributed by atoms with Gasteiger partial charge in [-0.05, 0) is 12.6 Å². The highest BCUT2D eigenvalue weighted by Gasteiger charge is 2.00. The van der Waals surface area contributed by atoms with Gasteiger partial charge >= 0.3 is 0 Å². The van der Waals surface area contributed by atoms with Gasteiger partial charge in [0.2, 0.25) is 0 Å². The minimum atomic E-state index is 0.783. The standard InChI is InChI=1S/C9H13NO/c1-3-8-5-6-11-9(8)7-10-4-2/h3,5-6,10H,1,4,7H2,2H3. The van der Waals surface area contributed by atoms with E-state index in [-0.39, 0.29) is 0 Å². The van der Waals surface area contributed by atoms with Crippen LogP contribution in [-0.4, -0.2) is 6.54 Å². The summed E-state index contributed by atoms with van der Waals surface area (Å²) in [4.78, 5) is 0. The van der Waals surface area contributed by atoms with Crippen LogP contribution in [0.3, 0.4) is 0 Å². The van der Waals surface area contributed by atoms with E-state index in [0.29, 0.717) is 0 Å². The van der Waals surface area contributed by atoms with Gasteiger partial charge in [-0.3, -0.25) is 0 Å². The normalized spacial score (nSPS) is 9.91. The SMILES string of the molecule is C=Cc1ccoc1CNCC. The van der Waals surface area contributed by atoms with Crippen LogP contribution in [0.4, 0.5) is 0 Å². The zero-order chi connectivity index (χ0) is 8.10. The van der Waals surface area contributed by atoms with Gasteiger partial charge < -0.3 is 9.73 Å². The Balaban J connectivity index is 2.61. The molecule has 0 saturated carbocycles. The monoisotopic (exact) mass is 151 g/mol. The second kappa shape index (κ2) is 3.98. The van der Waals surface area contributed by atoms with Gasteiger partial charge in [0.15, 0.2) is 0 Å². The first-order chi connectivity index (χ1) is 5.38. The number of hydrogen-bond acceptors (Lipinski definition) is 2. The molecule has 1 heterocycles. The Morgan fingerprint density at radius 1 is 1.73 bits per heavy atom. The molecule has 0 radical (unpaired) electrons. The van der Waals surface area contributed by atoms with Crippen molar-refractivity contribution in [1.82, 2.24) is 5.32 Å². The molecule has 2 nitrogen and oxygen atoms in total. The van der Waals surface area contributed by atoms with Crippen LogP contribution in [0.2, 0.25) is 0 Å². The quantitative estimate of drug-likeness (QED) is 0.712. The molecule has 0 spiro atoms. The molecule has 2 heteroatoms. The van der Waals surface area contributed by atoms with Crippen molar-refractivity contribution < 1.29 is 4.42 Å². The van der Waals surface area contributed by atoms with Crippen molar-refractivity contribution in [3.8, 4) is 0 Å². The van der Waals surface area contributed by atoms with Gasteiger partial charge in [-0.2, -0.15) is 0 Å². The van der Waals surface area contributed by atoms with Gasteiger partial charge in [0, 0.05) is 5.56 Å². The second-order valence-corrected chi connectivity index (χ2v) is 2.28. The third-order valence-corrected chi connectivity index (χ3v) is 1.54. The predicted molar refractivity (Wildman–Crippen MR) is 46.2 cm³/mol. The van der Waals surface area contributed by atoms with Crippen molar-refractivity contribution in [2.75, 3.05) is 6.54 Å². The topological polar surface area (TPSA) is 25.2 Å². The van der Waals surface area contributed by atoms with E-state index in [0.717, 1.165) is 24.4 Å². The van der Waals surface area contributed by atoms with Gasteiger partial charge in [0.05, 0.1) is 12.8 Å². The van der Waals surface area contributed by atoms with E-state index in [1.807, 2.05) is 6.07 Å². The minimum Gasteiger partial charge on any atom is -0.467 e. The molecule has 0 aliphatic rings. The number of nitrogens with one attached hydrogen (secondary N) is 1. The summed E-state index contributed by atoms with van der Waals surface area (Å²) in [5, 5.41) is 3.18. The summed E-state index contributed by atoms with van der Waals surface area (Å²) in [6, 6.07) is 1.92. The lowest BCUT2D eigenvalue weighted by molar-refractivity contribution is 0.487.